The van der Waals surface area contributed by atoms with Gasteiger partial charge >= 0.3 is 0 Å². The van der Waals surface area contributed by atoms with Crippen molar-refractivity contribution in [3.63, 3.8) is 0 Å². The van der Waals surface area contributed by atoms with Crippen LogP contribution in [0.2, 0.25) is 0 Å². The smallest absolute Gasteiger partial charge is 0.222 e. The molecule has 0 aromatic carbocycles. The maximum Gasteiger partial charge on any atom is 0.222 e. The molecule has 1 atom stereocenters. The first-order chi connectivity index (χ1) is 6.37. The molecule has 1 fully saturated rings. The molecular weight excluding hydrogens is 174 g/mol. The van der Waals surface area contributed by atoms with Crippen LogP contribution in [0.15, 0.2) is 0 Å². The summed E-state index contributed by atoms with van der Waals surface area (Å²) in [6.07, 6.45) is 1.79. The minimum Gasteiger partial charge on any atom is -0.339 e. The molecule has 1 saturated heterocycles. The molecular formula is C12H23NO. The predicted molar refractivity (Wildman–Crippen MR) is 59.0 cm³/mol. The highest BCUT2D eigenvalue weighted by Crippen LogP contribution is 2.34. The van der Waals surface area contributed by atoms with E-state index in [1.165, 1.54) is 0 Å². The van der Waals surface area contributed by atoms with E-state index in [4.69, 9.17) is 0 Å². The molecule has 0 saturated carbocycles. The van der Waals surface area contributed by atoms with Crippen molar-refractivity contribution in [2.45, 2.75) is 53.5 Å². The molecule has 0 aromatic heterocycles. The van der Waals surface area contributed by atoms with E-state index in [-0.39, 0.29) is 5.41 Å². The monoisotopic (exact) mass is 197 g/mol. The highest BCUT2D eigenvalue weighted by Gasteiger charge is 2.37. The zero-order valence-electron chi connectivity index (χ0n) is 10.1. The Balaban J connectivity index is 2.73. The molecule has 1 heterocycles. The van der Waals surface area contributed by atoms with Crippen LogP contribution in [0.3, 0.4) is 0 Å². The van der Waals surface area contributed by atoms with E-state index in [9.17, 15) is 4.79 Å². The second-order valence-electron chi connectivity index (χ2n) is 5.34. The van der Waals surface area contributed by atoms with E-state index in [1.807, 2.05) is 0 Å². The lowest BCUT2D eigenvalue weighted by atomic mass is 9.75. The van der Waals surface area contributed by atoms with Crippen molar-refractivity contribution in [2.75, 3.05) is 6.54 Å². The summed E-state index contributed by atoms with van der Waals surface area (Å²) in [5.41, 5.74) is 0.208. The number of rotatable bonds is 3. The Morgan fingerprint density at radius 1 is 1.29 bits per heavy atom. The number of likely N-dealkylation sites (tertiary alicyclic amines) is 1. The Morgan fingerprint density at radius 2 is 1.86 bits per heavy atom. The molecule has 0 aromatic rings. The normalized spacial score (nSPS) is 20.7. The van der Waals surface area contributed by atoms with Crippen molar-refractivity contribution in [1.82, 2.24) is 4.90 Å². The van der Waals surface area contributed by atoms with Gasteiger partial charge in [-0.2, -0.15) is 0 Å². The maximum atomic E-state index is 11.6. The third kappa shape index (κ3) is 1.94. The standard InChI is InChI=1S/C12H23NO/c1-9(2)12(4,5)10(3)13-8-6-7-11(13)14/h9-10H,6-8H2,1-5H3. The summed E-state index contributed by atoms with van der Waals surface area (Å²) in [6, 6.07) is 0.359. The zero-order chi connectivity index (χ0) is 10.9. The zero-order valence-corrected chi connectivity index (χ0v) is 10.1. The van der Waals surface area contributed by atoms with Gasteiger partial charge in [-0.05, 0) is 24.7 Å². The SMILES string of the molecule is CC(C)C(C)(C)C(C)N1CCCC1=O. The highest BCUT2D eigenvalue weighted by atomic mass is 16.2. The van der Waals surface area contributed by atoms with E-state index in [0.717, 1.165) is 19.4 Å². The topological polar surface area (TPSA) is 20.3 Å². The van der Waals surface area contributed by atoms with Gasteiger partial charge in [0.05, 0.1) is 0 Å². The minimum atomic E-state index is 0.208. The molecule has 0 aliphatic carbocycles. The van der Waals surface area contributed by atoms with Gasteiger partial charge in [0, 0.05) is 19.0 Å². The van der Waals surface area contributed by atoms with Crippen LogP contribution in [0, 0.1) is 11.3 Å². The van der Waals surface area contributed by atoms with Crippen LogP contribution in [0.4, 0.5) is 0 Å². The van der Waals surface area contributed by atoms with Crippen LogP contribution in [0.5, 0.6) is 0 Å². The van der Waals surface area contributed by atoms with Gasteiger partial charge in [-0.25, -0.2) is 0 Å². The van der Waals surface area contributed by atoms with E-state index in [0.29, 0.717) is 17.9 Å². The second-order valence-corrected chi connectivity index (χ2v) is 5.34. The predicted octanol–water partition coefficient (Wildman–Crippen LogP) is 2.68. The van der Waals surface area contributed by atoms with Crippen molar-refractivity contribution < 1.29 is 4.79 Å². The summed E-state index contributed by atoms with van der Waals surface area (Å²) >= 11 is 0. The maximum absolute atomic E-state index is 11.6. The van der Waals surface area contributed by atoms with Crippen LogP contribution in [0.25, 0.3) is 0 Å². The summed E-state index contributed by atoms with van der Waals surface area (Å²) < 4.78 is 0. The fourth-order valence-corrected chi connectivity index (χ4v) is 1.96. The molecule has 0 radical (unpaired) electrons. The van der Waals surface area contributed by atoms with Gasteiger partial charge in [0.1, 0.15) is 0 Å². The van der Waals surface area contributed by atoms with Gasteiger partial charge in [-0.1, -0.05) is 27.7 Å². The largest absolute Gasteiger partial charge is 0.339 e. The summed E-state index contributed by atoms with van der Waals surface area (Å²) in [6.45, 7) is 12.1. The molecule has 1 unspecified atom stereocenters. The summed E-state index contributed by atoms with van der Waals surface area (Å²) in [4.78, 5) is 13.7. The molecule has 0 spiro atoms. The van der Waals surface area contributed by atoms with E-state index >= 15 is 0 Å². The van der Waals surface area contributed by atoms with Crippen LogP contribution in [-0.2, 0) is 4.79 Å². The van der Waals surface area contributed by atoms with Crippen LogP contribution < -0.4 is 0 Å². The lowest BCUT2D eigenvalue weighted by molar-refractivity contribution is -0.132. The number of amides is 1. The van der Waals surface area contributed by atoms with E-state index < -0.39 is 0 Å². The third-order valence-electron chi connectivity index (χ3n) is 4.14. The number of hydrogen-bond acceptors (Lipinski definition) is 1. The Hall–Kier alpha value is -0.530. The van der Waals surface area contributed by atoms with Crippen molar-refractivity contribution >= 4 is 5.91 Å². The fraction of sp³-hybridized carbons (Fsp3) is 0.917. The van der Waals surface area contributed by atoms with Crippen molar-refractivity contribution in [1.29, 1.82) is 0 Å². The first kappa shape index (κ1) is 11.5. The average molecular weight is 197 g/mol. The lowest BCUT2D eigenvalue weighted by Crippen LogP contribution is -2.46. The van der Waals surface area contributed by atoms with Crippen molar-refractivity contribution in [3.05, 3.63) is 0 Å². The first-order valence-corrected chi connectivity index (χ1v) is 5.67. The Labute approximate surface area is 87.7 Å². The number of carbonyl (C=O) groups excluding carboxylic acids is 1. The van der Waals surface area contributed by atoms with Gasteiger partial charge in [0.15, 0.2) is 0 Å². The minimum absolute atomic E-state index is 0.208. The number of nitrogens with zero attached hydrogens (tertiary/aromatic N) is 1. The van der Waals surface area contributed by atoms with Crippen molar-refractivity contribution in [3.8, 4) is 0 Å². The third-order valence-corrected chi connectivity index (χ3v) is 4.14. The van der Waals surface area contributed by atoms with Gasteiger partial charge in [0.2, 0.25) is 5.91 Å². The molecule has 1 rings (SSSR count). The summed E-state index contributed by atoms with van der Waals surface area (Å²) in [7, 11) is 0. The molecule has 0 N–H and O–H groups in total. The summed E-state index contributed by atoms with van der Waals surface area (Å²) in [5, 5.41) is 0. The average Bonchev–Trinajstić information content (AvgIpc) is 2.49. The number of hydrogen-bond donors (Lipinski definition) is 0. The van der Waals surface area contributed by atoms with E-state index in [2.05, 4.69) is 39.5 Å². The quantitative estimate of drug-likeness (QED) is 0.681. The lowest BCUT2D eigenvalue weighted by Gasteiger charge is -2.41. The molecule has 2 nitrogen and oxygen atoms in total. The molecule has 1 aliphatic rings. The second kappa shape index (κ2) is 3.92. The molecule has 0 bridgehead atoms. The van der Waals surface area contributed by atoms with Gasteiger partial charge in [-0.15, -0.1) is 0 Å². The van der Waals surface area contributed by atoms with E-state index in [1.54, 1.807) is 0 Å². The highest BCUT2D eigenvalue weighted by molar-refractivity contribution is 5.78. The van der Waals surface area contributed by atoms with Crippen LogP contribution in [-0.4, -0.2) is 23.4 Å². The Kier molecular flexibility index (Phi) is 3.23. The van der Waals surface area contributed by atoms with Gasteiger partial charge in [0.25, 0.3) is 0 Å². The van der Waals surface area contributed by atoms with Crippen LogP contribution in [0.1, 0.15) is 47.5 Å². The van der Waals surface area contributed by atoms with Gasteiger partial charge < -0.3 is 4.90 Å². The molecule has 2 heteroatoms. The molecule has 82 valence electrons. The summed E-state index contributed by atoms with van der Waals surface area (Å²) in [5.74, 6) is 0.942. The number of carbonyl (C=O) groups is 1. The Bertz CT molecular complexity index is 220. The van der Waals surface area contributed by atoms with Crippen LogP contribution >= 0.6 is 0 Å². The molecule has 1 amide bonds. The molecule has 1 aliphatic heterocycles. The van der Waals surface area contributed by atoms with Crippen molar-refractivity contribution in [2.24, 2.45) is 11.3 Å². The molecule has 14 heavy (non-hydrogen) atoms. The van der Waals surface area contributed by atoms with Gasteiger partial charge in [-0.3, -0.25) is 4.79 Å². The Morgan fingerprint density at radius 3 is 2.21 bits per heavy atom. The first-order valence-electron chi connectivity index (χ1n) is 5.67. The fourth-order valence-electron chi connectivity index (χ4n) is 1.96.